The predicted molar refractivity (Wildman–Crippen MR) is 268 cm³/mol. The monoisotopic (exact) mass is 815 g/mol. The van der Waals surface area contributed by atoms with Crippen molar-refractivity contribution in [3.05, 3.63) is 265 Å². The van der Waals surface area contributed by atoms with Crippen LogP contribution >= 0.6 is 0 Å². The molecule has 0 N–H and O–H groups in total. The van der Waals surface area contributed by atoms with Crippen molar-refractivity contribution in [3.8, 4) is 27.9 Å². The Morgan fingerprint density at radius 1 is 0.281 bits per heavy atom. The third-order valence-electron chi connectivity index (χ3n) is 13.5. The number of aromatic nitrogens is 2. The standard InChI is InChI=1S/C61H41N3/c1-4-18-42(19-5-1)44-32-38-55-51(40-44)52-41-45(43-20-6-2-7-21-43)33-39-56(52)62(55)47-34-36-48(37-35-47)63-59-30-16-12-26-53(59)61(46-22-8-3-9-23-46,54-27-13-17-31-60(54)63)64-57-28-14-10-24-49(57)50-25-11-15-29-58(50)64/h1-41H. The maximum Gasteiger partial charge on any atom is 0.125 e. The number of hydrogen-bond donors (Lipinski definition) is 0. The Morgan fingerprint density at radius 3 is 1.22 bits per heavy atom. The van der Waals surface area contributed by atoms with Gasteiger partial charge < -0.3 is 14.0 Å². The second kappa shape index (κ2) is 14.3. The summed E-state index contributed by atoms with van der Waals surface area (Å²) < 4.78 is 5.04. The Labute approximate surface area is 372 Å². The molecule has 0 atom stereocenters. The highest BCUT2D eigenvalue weighted by atomic mass is 15.2. The van der Waals surface area contributed by atoms with Crippen molar-refractivity contribution in [1.29, 1.82) is 0 Å². The van der Waals surface area contributed by atoms with Crippen LogP contribution in [0.3, 0.4) is 0 Å². The molecule has 64 heavy (non-hydrogen) atoms. The van der Waals surface area contributed by atoms with Crippen molar-refractivity contribution >= 4 is 60.7 Å². The zero-order valence-corrected chi connectivity index (χ0v) is 35.0. The third-order valence-corrected chi connectivity index (χ3v) is 13.5. The zero-order chi connectivity index (χ0) is 42.2. The van der Waals surface area contributed by atoms with Gasteiger partial charge in [-0.3, -0.25) is 0 Å². The second-order valence-electron chi connectivity index (χ2n) is 16.9. The molecule has 0 unspecified atom stereocenters. The highest BCUT2D eigenvalue weighted by Gasteiger charge is 2.47. The lowest BCUT2D eigenvalue weighted by molar-refractivity contribution is 0.544. The van der Waals surface area contributed by atoms with E-state index >= 15 is 0 Å². The molecule has 0 fully saturated rings. The first kappa shape index (κ1) is 36.3. The maximum atomic E-state index is 2.61. The fourth-order valence-electron chi connectivity index (χ4n) is 10.8. The van der Waals surface area contributed by atoms with E-state index in [0.717, 1.165) is 22.7 Å². The summed E-state index contributed by atoms with van der Waals surface area (Å²) in [5, 5.41) is 4.97. The number of benzene rings is 10. The number of para-hydroxylation sites is 4. The van der Waals surface area contributed by atoms with Gasteiger partial charge in [0.15, 0.2) is 0 Å². The lowest BCUT2D eigenvalue weighted by atomic mass is 9.72. The minimum atomic E-state index is -0.687. The van der Waals surface area contributed by atoms with Gasteiger partial charge in [-0.05, 0) is 101 Å². The maximum absolute atomic E-state index is 2.61. The Balaban J connectivity index is 1.01. The first-order valence-corrected chi connectivity index (χ1v) is 22.1. The summed E-state index contributed by atoms with van der Waals surface area (Å²) in [5.41, 5.74) is 17.1. The lowest BCUT2D eigenvalue weighted by Crippen LogP contribution is -2.42. The minimum Gasteiger partial charge on any atom is -0.322 e. The fraction of sp³-hybridized carbons (Fsp3) is 0.0164. The molecule has 0 radical (unpaired) electrons. The highest BCUT2D eigenvalue weighted by molar-refractivity contribution is 6.12. The van der Waals surface area contributed by atoms with Gasteiger partial charge >= 0.3 is 0 Å². The van der Waals surface area contributed by atoms with Gasteiger partial charge in [-0.1, -0.05) is 176 Å². The average molecular weight is 816 g/mol. The van der Waals surface area contributed by atoms with Crippen molar-refractivity contribution in [1.82, 2.24) is 9.13 Å². The molecular weight excluding hydrogens is 775 g/mol. The van der Waals surface area contributed by atoms with Gasteiger partial charge in [-0.15, -0.1) is 0 Å². The van der Waals surface area contributed by atoms with E-state index in [1.54, 1.807) is 0 Å². The first-order valence-electron chi connectivity index (χ1n) is 22.1. The molecule has 1 aliphatic rings. The summed E-state index contributed by atoms with van der Waals surface area (Å²) in [4.78, 5) is 2.47. The molecule has 10 aromatic carbocycles. The van der Waals surface area contributed by atoms with Crippen LogP contribution in [0.2, 0.25) is 0 Å². The molecule has 13 rings (SSSR count). The van der Waals surface area contributed by atoms with E-state index in [0.29, 0.717) is 0 Å². The van der Waals surface area contributed by atoms with E-state index in [1.807, 2.05) is 0 Å². The van der Waals surface area contributed by atoms with Gasteiger partial charge in [0.05, 0.1) is 33.4 Å². The van der Waals surface area contributed by atoms with Gasteiger partial charge in [0.25, 0.3) is 0 Å². The van der Waals surface area contributed by atoms with E-state index in [9.17, 15) is 0 Å². The van der Waals surface area contributed by atoms with Gasteiger partial charge in [-0.25, -0.2) is 0 Å². The molecule has 3 heterocycles. The van der Waals surface area contributed by atoms with Gasteiger partial charge in [0.2, 0.25) is 0 Å². The highest BCUT2D eigenvalue weighted by Crippen LogP contribution is 2.57. The molecule has 0 bridgehead atoms. The molecule has 0 amide bonds. The van der Waals surface area contributed by atoms with Crippen molar-refractivity contribution < 1.29 is 0 Å². The topological polar surface area (TPSA) is 13.1 Å². The van der Waals surface area contributed by atoms with Crippen LogP contribution in [0, 0.1) is 0 Å². The Hall–Kier alpha value is -8.40. The lowest BCUT2D eigenvalue weighted by Gasteiger charge is -2.47. The summed E-state index contributed by atoms with van der Waals surface area (Å²) in [5.74, 6) is 0. The molecule has 0 saturated heterocycles. The van der Waals surface area contributed by atoms with Crippen LogP contribution in [0.25, 0.3) is 71.6 Å². The van der Waals surface area contributed by atoms with E-state index in [4.69, 9.17) is 0 Å². The fourth-order valence-corrected chi connectivity index (χ4v) is 10.8. The van der Waals surface area contributed by atoms with E-state index < -0.39 is 5.54 Å². The number of hydrogen-bond acceptors (Lipinski definition) is 1. The molecule has 12 aromatic rings. The van der Waals surface area contributed by atoms with Crippen LogP contribution in [-0.4, -0.2) is 9.13 Å². The number of anilines is 3. The molecule has 3 heteroatoms. The number of nitrogens with zero attached hydrogens (tertiary/aromatic N) is 3. The largest absolute Gasteiger partial charge is 0.322 e. The molecule has 3 nitrogen and oxygen atoms in total. The summed E-state index contributed by atoms with van der Waals surface area (Å²) in [6.45, 7) is 0. The van der Waals surface area contributed by atoms with Crippen LogP contribution < -0.4 is 4.90 Å². The van der Waals surface area contributed by atoms with Gasteiger partial charge in [0.1, 0.15) is 5.54 Å². The van der Waals surface area contributed by atoms with E-state index in [-0.39, 0.29) is 0 Å². The van der Waals surface area contributed by atoms with Crippen molar-refractivity contribution in [2.75, 3.05) is 4.90 Å². The van der Waals surface area contributed by atoms with Crippen LogP contribution in [0.15, 0.2) is 249 Å². The van der Waals surface area contributed by atoms with Crippen molar-refractivity contribution in [2.45, 2.75) is 5.54 Å². The molecule has 0 saturated carbocycles. The summed E-state index contributed by atoms with van der Waals surface area (Å²) >= 11 is 0. The third kappa shape index (κ3) is 5.28. The minimum absolute atomic E-state index is 0.687. The quantitative estimate of drug-likeness (QED) is 0.163. The van der Waals surface area contributed by atoms with Gasteiger partial charge in [-0.2, -0.15) is 0 Å². The molecule has 2 aromatic heterocycles. The molecule has 0 spiro atoms. The summed E-state index contributed by atoms with van der Waals surface area (Å²) in [6.07, 6.45) is 0. The molecular formula is C61H41N3. The van der Waals surface area contributed by atoms with E-state index in [2.05, 4.69) is 263 Å². The van der Waals surface area contributed by atoms with Crippen molar-refractivity contribution in [2.24, 2.45) is 0 Å². The Bertz CT molecular complexity index is 3510. The normalized spacial score (nSPS) is 13.1. The molecule has 0 aliphatic carbocycles. The van der Waals surface area contributed by atoms with Crippen LogP contribution in [0.1, 0.15) is 16.7 Å². The van der Waals surface area contributed by atoms with Crippen LogP contribution in [0.5, 0.6) is 0 Å². The summed E-state index contributed by atoms with van der Waals surface area (Å²) in [7, 11) is 0. The zero-order valence-electron chi connectivity index (χ0n) is 35.0. The summed E-state index contributed by atoms with van der Waals surface area (Å²) in [6, 6.07) is 91.3. The molecule has 1 aliphatic heterocycles. The molecule has 300 valence electrons. The Morgan fingerprint density at radius 2 is 0.703 bits per heavy atom. The smallest absolute Gasteiger partial charge is 0.125 e. The second-order valence-corrected chi connectivity index (χ2v) is 16.9. The van der Waals surface area contributed by atoms with Crippen molar-refractivity contribution in [3.63, 3.8) is 0 Å². The number of fused-ring (bicyclic) bond motifs is 8. The van der Waals surface area contributed by atoms with Gasteiger partial charge in [0, 0.05) is 44.0 Å². The van der Waals surface area contributed by atoms with Crippen LogP contribution in [0.4, 0.5) is 17.1 Å². The SMILES string of the molecule is c1ccc(-c2ccc3c(c2)c2cc(-c4ccccc4)ccc2n3-c2ccc(N3c4ccccc4C(c4ccccc4)(n4c5ccccc5c5ccccc54)c4ccccc43)cc2)cc1. The van der Waals surface area contributed by atoms with E-state index in [1.165, 1.54) is 82.6 Å². The predicted octanol–water partition coefficient (Wildman–Crippen LogP) is 15.8. The Kier molecular flexibility index (Phi) is 8.13. The number of rotatable bonds is 6. The van der Waals surface area contributed by atoms with Crippen LogP contribution in [-0.2, 0) is 5.54 Å². The average Bonchev–Trinajstić information content (AvgIpc) is 3.89. The first-order chi connectivity index (χ1) is 31.8.